The second kappa shape index (κ2) is 9.41. The number of thioether (sulfide) groups is 1. The minimum absolute atomic E-state index is 0.160. The van der Waals surface area contributed by atoms with Crippen molar-refractivity contribution in [2.45, 2.75) is 30.8 Å². The highest BCUT2D eigenvalue weighted by Gasteiger charge is 2.20. The quantitative estimate of drug-likeness (QED) is 0.562. The number of aromatic nitrogens is 4. The van der Waals surface area contributed by atoms with Gasteiger partial charge in [-0.2, -0.15) is 0 Å². The van der Waals surface area contributed by atoms with Crippen LogP contribution in [0.5, 0.6) is 0 Å². The van der Waals surface area contributed by atoms with Crippen LogP contribution in [0, 0.1) is 0 Å². The topological polar surface area (TPSA) is 63.9 Å². The Bertz CT molecular complexity index is 953. The third-order valence-corrected chi connectivity index (χ3v) is 6.11. The van der Waals surface area contributed by atoms with Gasteiger partial charge in [0, 0.05) is 41.8 Å². The smallest absolute Gasteiger partial charge is 0.233 e. The van der Waals surface area contributed by atoms with Gasteiger partial charge in [-0.25, -0.2) is 0 Å². The summed E-state index contributed by atoms with van der Waals surface area (Å²) in [6, 6.07) is 11.3. The number of benzene rings is 1. The number of carbonyl (C=O) groups is 1. The molecule has 8 heteroatoms. The van der Waals surface area contributed by atoms with Crippen LogP contribution in [0.2, 0.25) is 5.02 Å². The summed E-state index contributed by atoms with van der Waals surface area (Å²) in [5.74, 6) is 1.22. The van der Waals surface area contributed by atoms with Crippen molar-refractivity contribution in [2.24, 2.45) is 0 Å². The van der Waals surface area contributed by atoms with E-state index >= 15 is 0 Å². The number of hydrogen-bond acceptors (Lipinski definition) is 5. The minimum Gasteiger partial charge on any atom is -0.342 e. The molecule has 3 aromatic rings. The fourth-order valence-electron chi connectivity index (χ4n) is 3.41. The van der Waals surface area contributed by atoms with Crippen LogP contribution in [0.25, 0.3) is 17.1 Å². The lowest BCUT2D eigenvalue weighted by molar-refractivity contribution is -0.128. The Balaban J connectivity index is 1.60. The Morgan fingerprint density at radius 1 is 0.966 bits per heavy atom. The number of rotatable bonds is 5. The highest BCUT2D eigenvalue weighted by Crippen LogP contribution is 2.28. The maximum atomic E-state index is 12.7. The standard InChI is InChI=1S/C21H22ClN5OS/c22-17-5-7-18(8-6-17)27-20(16-9-11-23-12-10-16)24-25-21(27)29-15-19(28)26-13-3-1-2-4-14-26/h5-12H,1-4,13-15H2. The predicted octanol–water partition coefficient (Wildman–Crippen LogP) is 4.48. The maximum absolute atomic E-state index is 12.7. The molecule has 1 saturated heterocycles. The van der Waals surface area contributed by atoms with E-state index in [1.54, 1.807) is 12.4 Å². The molecule has 0 radical (unpaired) electrons. The zero-order valence-corrected chi connectivity index (χ0v) is 17.6. The second-order valence-electron chi connectivity index (χ2n) is 6.94. The van der Waals surface area contributed by atoms with E-state index in [0.717, 1.165) is 37.2 Å². The monoisotopic (exact) mass is 427 g/mol. The summed E-state index contributed by atoms with van der Waals surface area (Å²) in [6.07, 6.45) is 8.04. The summed E-state index contributed by atoms with van der Waals surface area (Å²) in [6.45, 7) is 1.71. The Morgan fingerprint density at radius 3 is 2.34 bits per heavy atom. The molecule has 1 fully saturated rings. The van der Waals surface area contributed by atoms with E-state index in [2.05, 4.69) is 15.2 Å². The van der Waals surface area contributed by atoms with Gasteiger partial charge in [-0.3, -0.25) is 14.3 Å². The van der Waals surface area contributed by atoms with E-state index in [9.17, 15) is 4.79 Å². The lowest BCUT2D eigenvalue weighted by Crippen LogP contribution is -2.33. The van der Waals surface area contributed by atoms with Gasteiger partial charge in [-0.15, -0.1) is 10.2 Å². The fraction of sp³-hybridized carbons (Fsp3) is 0.333. The molecule has 150 valence electrons. The van der Waals surface area contributed by atoms with Crippen molar-refractivity contribution >= 4 is 29.3 Å². The summed E-state index contributed by atoms with van der Waals surface area (Å²) in [5.41, 5.74) is 1.81. The Labute approximate surface area is 179 Å². The summed E-state index contributed by atoms with van der Waals surface area (Å²) in [4.78, 5) is 18.8. The molecule has 1 aromatic carbocycles. The molecule has 3 heterocycles. The zero-order chi connectivity index (χ0) is 20.1. The lowest BCUT2D eigenvalue weighted by atomic mass is 10.2. The number of pyridine rings is 1. The highest BCUT2D eigenvalue weighted by atomic mass is 35.5. The van der Waals surface area contributed by atoms with E-state index in [4.69, 9.17) is 11.6 Å². The van der Waals surface area contributed by atoms with Gasteiger partial charge in [0.15, 0.2) is 11.0 Å². The number of hydrogen-bond donors (Lipinski definition) is 0. The van der Waals surface area contributed by atoms with Gasteiger partial charge in [-0.05, 0) is 49.2 Å². The van der Waals surface area contributed by atoms with E-state index in [1.165, 1.54) is 24.6 Å². The van der Waals surface area contributed by atoms with Crippen LogP contribution in [0.1, 0.15) is 25.7 Å². The average molecular weight is 428 g/mol. The first-order chi connectivity index (χ1) is 14.2. The first-order valence-corrected chi connectivity index (χ1v) is 11.1. The van der Waals surface area contributed by atoms with E-state index in [1.807, 2.05) is 45.9 Å². The molecule has 2 aromatic heterocycles. The van der Waals surface area contributed by atoms with Crippen molar-refractivity contribution in [3.63, 3.8) is 0 Å². The SMILES string of the molecule is O=C(CSc1nnc(-c2ccncc2)n1-c1ccc(Cl)cc1)N1CCCCCC1. The molecule has 1 amide bonds. The summed E-state index contributed by atoms with van der Waals surface area (Å²) in [5, 5.41) is 10.1. The largest absolute Gasteiger partial charge is 0.342 e. The lowest BCUT2D eigenvalue weighted by Gasteiger charge is -2.20. The Kier molecular flexibility index (Phi) is 6.46. The molecule has 0 spiro atoms. The molecule has 0 N–H and O–H groups in total. The molecule has 0 saturated carbocycles. The first kappa shape index (κ1) is 19.9. The van der Waals surface area contributed by atoms with Gasteiger partial charge in [0.05, 0.1) is 5.75 Å². The number of amides is 1. The minimum atomic E-state index is 0.160. The van der Waals surface area contributed by atoms with Gasteiger partial charge in [0.1, 0.15) is 0 Å². The van der Waals surface area contributed by atoms with Crippen LogP contribution in [0.15, 0.2) is 53.9 Å². The van der Waals surface area contributed by atoms with Crippen molar-refractivity contribution in [3.05, 3.63) is 53.8 Å². The van der Waals surface area contributed by atoms with Crippen LogP contribution in [-0.2, 0) is 4.79 Å². The molecule has 0 atom stereocenters. The second-order valence-corrected chi connectivity index (χ2v) is 8.32. The summed E-state index contributed by atoms with van der Waals surface area (Å²) < 4.78 is 1.96. The van der Waals surface area contributed by atoms with Gasteiger partial charge in [0.2, 0.25) is 5.91 Å². The molecule has 1 aliphatic rings. The van der Waals surface area contributed by atoms with Crippen molar-refractivity contribution in [1.82, 2.24) is 24.6 Å². The molecule has 0 bridgehead atoms. The normalized spacial score (nSPS) is 14.6. The molecular weight excluding hydrogens is 406 g/mol. The highest BCUT2D eigenvalue weighted by molar-refractivity contribution is 7.99. The molecule has 6 nitrogen and oxygen atoms in total. The number of halogens is 1. The Morgan fingerprint density at radius 2 is 1.66 bits per heavy atom. The van der Waals surface area contributed by atoms with Crippen LogP contribution in [-0.4, -0.2) is 49.4 Å². The van der Waals surface area contributed by atoms with Crippen LogP contribution < -0.4 is 0 Å². The van der Waals surface area contributed by atoms with E-state index in [-0.39, 0.29) is 5.91 Å². The molecule has 0 unspecified atom stereocenters. The number of likely N-dealkylation sites (tertiary alicyclic amines) is 1. The fourth-order valence-corrected chi connectivity index (χ4v) is 4.39. The summed E-state index contributed by atoms with van der Waals surface area (Å²) in [7, 11) is 0. The van der Waals surface area contributed by atoms with Gasteiger partial charge >= 0.3 is 0 Å². The molecule has 29 heavy (non-hydrogen) atoms. The van der Waals surface area contributed by atoms with E-state index in [0.29, 0.717) is 21.8 Å². The third-order valence-electron chi connectivity index (χ3n) is 4.94. The van der Waals surface area contributed by atoms with Gasteiger partial charge in [-0.1, -0.05) is 36.2 Å². The van der Waals surface area contributed by atoms with Crippen molar-refractivity contribution < 1.29 is 4.79 Å². The number of nitrogens with zero attached hydrogens (tertiary/aromatic N) is 5. The van der Waals surface area contributed by atoms with Crippen molar-refractivity contribution in [1.29, 1.82) is 0 Å². The molecule has 4 rings (SSSR count). The summed E-state index contributed by atoms with van der Waals surface area (Å²) >= 11 is 7.49. The van der Waals surface area contributed by atoms with Crippen LogP contribution >= 0.6 is 23.4 Å². The van der Waals surface area contributed by atoms with Crippen molar-refractivity contribution in [3.8, 4) is 17.1 Å². The zero-order valence-electron chi connectivity index (χ0n) is 16.0. The molecule has 1 aliphatic heterocycles. The van der Waals surface area contributed by atoms with Crippen molar-refractivity contribution in [2.75, 3.05) is 18.8 Å². The van der Waals surface area contributed by atoms with Crippen LogP contribution in [0.3, 0.4) is 0 Å². The Hall–Kier alpha value is -2.38. The third kappa shape index (κ3) is 4.79. The van der Waals surface area contributed by atoms with E-state index < -0.39 is 0 Å². The average Bonchev–Trinajstić information content (AvgIpc) is 2.98. The predicted molar refractivity (Wildman–Crippen MR) is 115 cm³/mol. The maximum Gasteiger partial charge on any atom is 0.233 e. The van der Waals surface area contributed by atoms with Gasteiger partial charge < -0.3 is 4.90 Å². The molecule has 0 aliphatic carbocycles. The van der Waals surface area contributed by atoms with Gasteiger partial charge in [0.25, 0.3) is 0 Å². The molecular formula is C21H22ClN5OS. The van der Waals surface area contributed by atoms with Crippen LogP contribution in [0.4, 0.5) is 0 Å². The first-order valence-electron chi connectivity index (χ1n) is 9.75. The number of carbonyl (C=O) groups excluding carboxylic acids is 1.